The molecular formula is C13H19NO3. The second-order valence-corrected chi connectivity index (χ2v) is 4.09. The number of aryl methyl sites for hydroxylation is 1. The van der Waals surface area contributed by atoms with E-state index in [4.69, 9.17) is 9.84 Å². The van der Waals surface area contributed by atoms with Crippen LogP contribution in [0.25, 0.3) is 0 Å². The first kappa shape index (κ1) is 13.4. The molecule has 17 heavy (non-hydrogen) atoms. The number of carboxylic acids is 1. The smallest absolute Gasteiger partial charge is 0.305 e. The van der Waals surface area contributed by atoms with Gasteiger partial charge in [0.1, 0.15) is 5.75 Å². The Morgan fingerprint density at radius 2 is 2.00 bits per heavy atom. The Hall–Kier alpha value is -1.71. The molecule has 2 N–H and O–H groups in total. The minimum Gasteiger partial charge on any atom is -0.496 e. The van der Waals surface area contributed by atoms with Crippen LogP contribution in [-0.2, 0) is 4.79 Å². The number of benzene rings is 1. The monoisotopic (exact) mass is 237 g/mol. The first-order valence-electron chi connectivity index (χ1n) is 5.57. The molecule has 0 aliphatic heterocycles. The van der Waals surface area contributed by atoms with Crippen molar-refractivity contribution < 1.29 is 14.6 Å². The standard InChI is InChI=1S/C13H19NO3/c1-8-7-11(17-4)9(2)10(3)13(8)14-6-5-12(15)16/h7,14H,5-6H2,1-4H3,(H,15,16). The second kappa shape index (κ2) is 5.57. The van der Waals surface area contributed by atoms with E-state index in [0.717, 1.165) is 28.1 Å². The van der Waals surface area contributed by atoms with Crippen LogP contribution in [0, 0.1) is 20.8 Å². The fraction of sp³-hybridized carbons (Fsp3) is 0.462. The van der Waals surface area contributed by atoms with Crippen LogP contribution in [0.4, 0.5) is 5.69 Å². The van der Waals surface area contributed by atoms with E-state index in [1.165, 1.54) is 0 Å². The SMILES string of the molecule is COc1cc(C)c(NCCC(=O)O)c(C)c1C. The number of hydrogen-bond donors (Lipinski definition) is 2. The minimum atomic E-state index is -0.793. The lowest BCUT2D eigenvalue weighted by Gasteiger charge is -2.17. The molecule has 0 aliphatic rings. The molecule has 0 fully saturated rings. The number of methoxy groups -OCH3 is 1. The Balaban J connectivity index is 2.92. The van der Waals surface area contributed by atoms with Crippen LogP contribution in [0.2, 0.25) is 0 Å². The molecule has 0 unspecified atom stereocenters. The molecule has 1 aromatic rings. The van der Waals surface area contributed by atoms with E-state index in [9.17, 15) is 4.79 Å². The molecule has 0 amide bonds. The highest BCUT2D eigenvalue weighted by Crippen LogP contribution is 2.30. The van der Waals surface area contributed by atoms with E-state index in [1.807, 2.05) is 26.8 Å². The van der Waals surface area contributed by atoms with Gasteiger partial charge in [-0.15, -0.1) is 0 Å². The van der Waals surface area contributed by atoms with Gasteiger partial charge in [0.15, 0.2) is 0 Å². The minimum absolute atomic E-state index is 0.115. The number of ether oxygens (including phenoxy) is 1. The maximum absolute atomic E-state index is 10.5. The van der Waals surface area contributed by atoms with Gasteiger partial charge >= 0.3 is 5.97 Å². The van der Waals surface area contributed by atoms with E-state index >= 15 is 0 Å². The van der Waals surface area contributed by atoms with Gasteiger partial charge in [-0.1, -0.05) is 0 Å². The molecule has 0 aromatic heterocycles. The summed E-state index contributed by atoms with van der Waals surface area (Å²) in [5.74, 6) is 0.0711. The van der Waals surface area contributed by atoms with Crippen molar-refractivity contribution in [3.8, 4) is 5.75 Å². The normalized spacial score (nSPS) is 10.1. The number of carboxylic acid groups (broad SMARTS) is 1. The molecule has 0 saturated heterocycles. The average Bonchev–Trinajstić information content (AvgIpc) is 2.27. The lowest BCUT2D eigenvalue weighted by atomic mass is 10.0. The Morgan fingerprint density at radius 1 is 1.35 bits per heavy atom. The van der Waals surface area contributed by atoms with Crippen molar-refractivity contribution in [2.45, 2.75) is 27.2 Å². The molecule has 0 saturated carbocycles. The quantitative estimate of drug-likeness (QED) is 0.826. The molecule has 0 atom stereocenters. The number of carbonyl (C=O) groups is 1. The fourth-order valence-electron chi connectivity index (χ4n) is 1.82. The highest BCUT2D eigenvalue weighted by atomic mass is 16.5. The van der Waals surface area contributed by atoms with Gasteiger partial charge in [0.25, 0.3) is 0 Å². The van der Waals surface area contributed by atoms with Crippen molar-refractivity contribution in [1.82, 2.24) is 0 Å². The van der Waals surface area contributed by atoms with Crippen LogP contribution in [0.5, 0.6) is 5.75 Å². The third-order valence-electron chi connectivity index (χ3n) is 2.91. The number of aliphatic carboxylic acids is 1. The summed E-state index contributed by atoms with van der Waals surface area (Å²) in [5, 5.41) is 11.8. The van der Waals surface area contributed by atoms with Crippen LogP contribution in [-0.4, -0.2) is 24.7 Å². The number of anilines is 1. The van der Waals surface area contributed by atoms with Gasteiger partial charge in [0.05, 0.1) is 13.5 Å². The van der Waals surface area contributed by atoms with Crippen molar-refractivity contribution >= 4 is 11.7 Å². The Kier molecular flexibility index (Phi) is 4.37. The summed E-state index contributed by atoms with van der Waals surface area (Å²) < 4.78 is 5.28. The summed E-state index contributed by atoms with van der Waals surface area (Å²) in [4.78, 5) is 10.5. The Labute approximate surface area is 102 Å². The Bertz CT molecular complexity index is 427. The largest absolute Gasteiger partial charge is 0.496 e. The fourth-order valence-corrected chi connectivity index (χ4v) is 1.82. The summed E-state index contributed by atoms with van der Waals surface area (Å²) in [5.41, 5.74) is 4.25. The van der Waals surface area contributed by atoms with E-state index in [1.54, 1.807) is 7.11 Å². The number of hydrogen-bond acceptors (Lipinski definition) is 3. The van der Waals surface area contributed by atoms with Gasteiger partial charge < -0.3 is 15.2 Å². The lowest BCUT2D eigenvalue weighted by molar-refractivity contribution is -0.136. The van der Waals surface area contributed by atoms with Crippen LogP contribution in [0.1, 0.15) is 23.1 Å². The molecule has 4 heteroatoms. The zero-order valence-corrected chi connectivity index (χ0v) is 10.8. The first-order valence-corrected chi connectivity index (χ1v) is 5.57. The van der Waals surface area contributed by atoms with Crippen molar-refractivity contribution in [3.05, 3.63) is 22.8 Å². The van der Waals surface area contributed by atoms with Gasteiger partial charge in [-0.05, 0) is 43.5 Å². The maximum Gasteiger partial charge on any atom is 0.305 e. The summed E-state index contributed by atoms with van der Waals surface area (Å²) in [7, 11) is 1.65. The molecule has 1 aromatic carbocycles. The van der Waals surface area contributed by atoms with Crippen molar-refractivity contribution in [1.29, 1.82) is 0 Å². The van der Waals surface area contributed by atoms with E-state index in [0.29, 0.717) is 6.54 Å². The van der Waals surface area contributed by atoms with Gasteiger partial charge in [-0.3, -0.25) is 4.79 Å². The molecule has 0 bridgehead atoms. The molecule has 94 valence electrons. The average molecular weight is 237 g/mol. The van der Waals surface area contributed by atoms with Gasteiger partial charge in [0, 0.05) is 12.2 Å². The third kappa shape index (κ3) is 3.12. The predicted octanol–water partition coefficient (Wildman–Crippen LogP) is 2.51. The van der Waals surface area contributed by atoms with Crippen LogP contribution in [0.15, 0.2) is 6.07 Å². The third-order valence-corrected chi connectivity index (χ3v) is 2.91. The van der Waals surface area contributed by atoms with Crippen molar-refractivity contribution in [2.75, 3.05) is 19.0 Å². The first-order chi connectivity index (χ1) is 7.97. The molecule has 1 rings (SSSR count). The van der Waals surface area contributed by atoms with Gasteiger partial charge in [0.2, 0.25) is 0 Å². The molecule has 0 radical (unpaired) electrons. The maximum atomic E-state index is 10.5. The second-order valence-electron chi connectivity index (χ2n) is 4.09. The Morgan fingerprint density at radius 3 is 2.53 bits per heavy atom. The van der Waals surface area contributed by atoms with Crippen LogP contribution >= 0.6 is 0 Å². The van der Waals surface area contributed by atoms with Crippen LogP contribution in [0.3, 0.4) is 0 Å². The molecule has 4 nitrogen and oxygen atoms in total. The summed E-state index contributed by atoms with van der Waals surface area (Å²) in [6.45, 7) is 6.42. The summed E-state index contributed by atoms with van der Waals surface area (Å²) in [6, 6.07) is 1.96. The van der Waals surface area contributed by atoms with Crippen LogP contribution < -0.4 is 10.1 Å². The number of nitrogens with one attached hydrogen (secondary N) is 1. The van der Waals surface area contributed by atoms with E-state index in [-0.39, 0.29) is 6.42 Å². The zero-order valence-electron chi connectivity index (χ0n) is 10.8. The summed E-state index contributed by atoms with van der Waals surface area (Å²) in [6.07, 6.45) is 0.115. The topological polar surface area (TPSA) is 58.6 Å². The van der Waals surface area contributed by atoms with Gasteiger partial charge in [-0.2, -0.15) is 0 Å². The van der Waals surface area contributed by atoms with Crippen molar-refractivity contribution in [2.24, 2.45) is 0 Å². The highest BCUT2D eigenvalue weighted by Gasteiger charge is 2.10. The van der Waals surface area contributed by atoms with Crippen molar-refractivity contribution in [3.63, 3.8) is 0 Å². The molecular weight excluding hydrogens is 218 g/mol. The predicted molar refractivity (Wildman–Crippen MR) is 67.9 cm³/mol. The molecule has 0 aliphatic carbocycles. The van der Waals surface area contributed by atoms with E-state index < -0.39 is 5.97 Å². The van der Waals surface area contributed by atoms with E-state index in [2.05, 4.69) is 5.32 Å². The highest BCUT2D eigenvalue weighted by molar-refractivity contribution is 5.68. The zero-order chi connectivity index (χ0) is 13.0. The van der Waals surface area contributed by atoms with Gasteiger partial charge in [-0.25, -0.2) is 0 Å². The number of rotatable bonds is 5. The summed E-state index contributed by atoms with van der Waals surface area (Å²) >= 11 is 0. The molecule has 0 heterocycles. The lowest BCUT2D eigenvalue weighted by Crippen LogP contribution is -2.10. The molecule has 0 spiro atoms.